The second kappa shape index (κ2) is 4.53. The van der Waals surface area contributed by atoms with Crippen molar-refractivity contribution >= 4 is 5.69 Å². The molecule has 0 aromatic heterocycles. The van der Waals surface area contributed by atoms with Gasteiger partial charge in [-0.1, -0.05) is 6.07 Å². The van der Waals surface area contributed by atoms with Gasteiger partial charge in [-0.2, -0.15) is 0 Å². The molecular formula is C12H18N2O. The van der Waals surface area contributed by atoms with Crippen LogP contribution in [0.4, 0.5) is 5.69 Å². The molecule has 1 aromatic carbocycles. The number of nitrogens with two attached hydrogens (primary N) is 1. The third kappa shape index (κ3) is 2.86. The monoisotopic (exact) mass is 206 g/mol. The normalized spacial score (nSPS) is 15.3. The molecule has 1 aromatic rings. The standard InChI is InChI=1S/C12H18N2O/c1-15-11-5-4-10(12(13)6-11)8-14-7-9-2-3-9/h4-6,9,14H,2-3,7-8,13H2,1H3. The van der Waals surface area contributed by atoms with Crippen molar-refractivity contribution in [3.05, 3.63) is 23.8 Å². The molecule has 1 aliphatic rings. The summed E-state index contributed by atoms with van der Waals surface area (Å²) in [5.74, 6) is 1.72. The molecule has 0 atom stereocenters. The number of nitrogens with one attached hydrogen (secondary N) is 1. The van der Waals surface area contributed by atoms with Crippen molar-refractivity contribution in [3.63, 3.8) is 0 Å². The number of rotatable bonds is 5. The van der Waals surface area contributed by atoms with Crippen molar-refractivity contribution in [2.24, 2.45) is 5.92 Å². The van der Waals surface area contributed by atoms with Crippen LogP contribution in [0, 0.1) is 5.92 Å². The average molecular weight is 206 g/mol. The maximum absolute atomic E-state index is 5.91. The molecule has 1 aliphatic carbocycles. The molecule has 3 nitrogen and oxygen atoms in total. The highest BCUT2D eigenvalue weighted by molar-refractivity contribution is 5.51. The van der Waals surface area contributed by atoms with Gasteiger partial charge in [0.25, 0.3) is 0 Å². The van der Waals surface area contributed by atoms with Gasteiger partial charge in [-0.15, -0.1) is 0 Å². The van der Waals surface area contributed by atoms with E-state index in [1.807, 2.05) is 18.2 Å². The van der Waals surface area contributed by atoms with Crippen molar-refractivity contribution in [1.29, 1.82) is 0 Å². The van der Waals surface area contributed by atoms with E-state index in [1.54, 1.807) is 7.11 Å². The molecule has 15 heavy (non-hydrogen) atoms. The van der Waals surface area contributed by atoms with Gasteiger partial charge in [0.15, 0.2) is 0 Å². The summed E-state index contributed by atoms with van der Waals surface area (Å²) < 4.78 is 5.10. The number of hydrogen-bond donors (Lipinski definition) is 2. The Kier molecular flexibility index (Phi) is 3.11. The molecule has 2 rings (SSSR count). The maximum atomic E-state index is 5.91. The lowest BCUT2D eigenvalue weighted by Crippen LogP contribution is -2.17. The fourth-order valence-electron chi connectivity index (χ4n) is 1.59. The highest BCUT2D eigenvalue weighted by atomic mass is 16.5. The number of benzene rings is 1. The Bertz CT molecular complexity index is 334. The van der Waals surface area contributed by atoms with E-state index < -0.39 is 0 Å². The van der Waals surface area contributed by atoms with Crippen LogP contribution in [0.5, 0.6) is 5.75 Å². The third-order valence-corrected chi connectivity index (χ3v) is 2.80. The summed E-state index contributed by atoms with van der Waals surface area (Å²) in [6, 6.07) is 5.84. The van der Waals surface area contributed by atoms with Crippen LogP contribution in [0.25, 0.3) is 0 Å². The van der Waals surface area contributed by atoms with Crippen LogP contribution in [-0.2, 0) is 6.54 Å². The first-order valence-corrected chi connectivity index (χ1v) is 5.42. The van der Waals surface area contributed by atoms with E-state index in [-0.39, 0.29) is 0 Å². The highest BCUT2D eigenvalue weighted by Gasteiger charge is 2.20. The Labute approximate surface area is 90.6 Å². The Balaban J connectivity index is 1.88. The van der Waals surface area contributed by atoms with Crippen LogP contribution in [0.1, 0.15) is 18.4 Å². The summed E-state index contributed by atoms with van der Waals surface area (Å²) in [5.41, 5.74) is 7.86. The van der Waals surface area contributed by atoms with E-state index in [0.29, 0.717) is 0 Å². The Morgan fingerprint density at radius 2 is 2.27 bits per heavy atom. The van der Waals surface area contributed by atoms with Crippen LogP contribution in [0.2, 0.25) is 0 Å². The lowest BCUT2D eigenvalue weighted by molar-refractivity contribution is 0.415. The fourth-order valence-corrected chi connectivity index (χ4v) is 1.59. The van der Waals surface area contributed by atoms with Gasteiger partial charge in [-0.3, -0.25) is 0 Å². The van der Waals surface area contributed by atoms with Gasteiger partial charge in [0.2, 0.25) is 0 Å². The third-order valence-electron chi connectivity index (χ3n) is 2.80. The van der Waals surface area contributed by atoms with Crippen LogP contribution in [0.15, 0.2) is 18.2 Å². The zero-order valence-electron chi connectivity index (χ0n) is 9.12. The molecule has 82 valence electrons. The van der Waals surface area contributed by atoms with Gasteiger partial charge >= 0.3 is 0 Å². The molecule has 0 radical (unpaired) electrons. The largest absolute Gasteiger partial charge is 0.497 e. The van der Waals surface area contributed by atoms with Crippen molar-refractivity contribution in [1.82, 2.24) is 5.32 Å². The van der Waals surface area contributed by atoms with E-state index in [2.05, 4.69) is 5.32 Å². The molecule has 3 N–H and O–H groups in total. The molecule has 0 bridgehead atoms. The first-order chi connectivity index (χ1) is 7.29. The van der Waals surface area contributed by atoms with Crippen molar-refractivity contribution < 1.29 is 4.74 Å². The summed E-state index contributed by atoms with van der Waals surface area (Å²) in [6.07, 6.45) is 2.76. The first-order valence-electron chi connectivity index (χ1n) is 5.42. The summed E-state index contributed by atoms with van der Waals surface area (Å²) in [4.78, 5) is 0. The summed E-state index contributed by atoms with van der Waals surface area (Å²) in [7, 11) is 1.65. The van der Waals surface area contributed by atoms with Crippen LogP contribution >= 0.6 is 0 Å². The second-order valence-corrected chi connectivity index (χ2v) is 4.14. The number of methoxy groups -OCH3 is 1. The fraction of sp³-hybridized carbons (Fsp3) is 0.500. The van der Waals surface area contributed by atoms with Gasteiger partial charge in [0, 0.05) is 18.3 Å². The van der Waals surface area contributed by atoms with E-state index in [0.717, 1.165) is 36.0 Å². The Morgan fingerprint density at radius 1 is 1.47 bits per heavy atom. The van der Waals surface area contributed by atoms with Crippen molar-refractivity contribution in [2.75, 3.05) is 19.4 Å². The number of nitrogen functional groups attached to an aromatic ring is 1. The minimum Gasteiger partial charge on any atom is -0.497 e. The second-order valence-electron chi connectivity index (χ2n) is 4.14. The van der Waals surface area contributed by atoms with Gasteiger partial charge in [0.1, 0.15) is 5.75 Å². The predicted octanol–water partition coefficient (Wildman–Crippen LogP) is 1.78. The Hall–Kier alpha value is -1.22. The zero-order valence-corrected chi connectivity index (χ0v) is 9.12. The molecule has 0 saturated heterocycles. The molecule has 3 heteroatoms. The number of hydrogen-bond acceptors (Lipinski definition) is 3. The number of anilines is 1. The molecule has 0 amide bonds. The smallest absolute Gasteiger partial charge is 0.120 e. The summed E-state index contributed by atoms with van der Waals surface area (Å²) in [5, 5.41) is 3.42. The minimum atomic E-state index is 0.803. The quantitative estimate of drug-likeness (QED) is 0.722. The van der Waals surface area contributed by atoms with Crippen LogP contribution < -0.4 is 15.8 Å². The minimum absolute atomic E-state index is 0.803. The molecule has 1 fully saturated rings. The molecule has 0 unspecified atom stereocenters. The average Bonchev–Trinajstić information content (AvgIpc) is 3.04. The molecule has 0 spiro atoms. The lowest BCUT2D eigenvalue weighted by Gasteiger charge is -2.08. The SMILES string of the molecule is COc1ccc(CNCC2CC2)c(N)c1. The first kappa shape index (κ1) is 10.3. The van der Waals surface area contributed by atoms with E-state index in [4.69, 9.17) is 10.5 Å². The van der Waals surface area contributed by atoms with Gasteiger partial charge < -0.3 is 15.8 Å². The summed E-state index contributed by atoms with van der Waals surface area (Å²) in [6.45, 7) is 1.97. The molecule has 1 saturated carbocycles. The van der Waals surface area contributed by atoms with Gasteiger partial charge in [0.05, 0.1) is 7.11 Å². The maximum Gasteiger partial charge on any atom is 0.120 e. The lowest BCUT2D eigenvalue weighted by atomic mass is 10.1. The van der Waals surface area contributed by atoms with Crippen molar-refractivity contribution in [2.45, 2.75) is 19.4 Å². The van der Waals surface area contributed by atoms with Gasteiger partial charge in [-0.05, 0) is 36.9 Å². The van der Waals surface area contributed by atoms with Crippen LogP contribution in [-0.4, -0.2) is 13.7 Å². The Morgan fingerprint density at radius 3 is 2.87 bits per heavy atom. The molecule has 0 heterocycles. The summed E-state index contributed by atoms with van der Waals surface area (Å²) >= 11 is 0. The van der Waals surface area contributed by atoms with Gasteiger partial charge in [-0.25, -0.2) is 0 Å². The van der Waals surface area contributed by atoms with Crippen LogP contribution in [0.3, 0.4) is 0 Å². The van der Waals surface area contributed by atoms with E-state index in [9.17, 15) is 0 Å². The van der Waals surface area contributed by atoms with E-state index in [1.165, 1.54) is 12.8 Å². The topological polar surface area (TPSA) is 47.3 Å². The highest BCUT2D eigenvalue weighted by Crippen LogP contribution is 2.27. The predicted molar refractivity (Wildman–Crippen MR) is 61.8 cm³/mol. The van der Waals surface area contributed by atoms with Crippen molar-refractivity contribution in [3.8, 4) is 5.75 Å². The number of ether oxygens (including phenoxy) is 1. The van der Waals surface area contributed by atoms with E-state index >= 15 is 0 Å². The zero-order chi connectivity index (χ0) is 10.7. The molecule has 0 aliphatic heterocycles. The molecular weight excluding hydrogens is 188 g/mol.